The van der Waals surface area contributed by atoms with Crippen molar-refractivity contribution in [1.29, 1.82) is 0 Å². The first-order chi connectivity index (χ1) is 18.3. The second-order valence-corrected chi connectivity index (χ2v) is 10.2. The molecule has 3 aromatic rings. The second-order valence-electron chi connectivity index (χ2n) is 9.02. The van der Waals surface area contributed by atoms with Gasteiger partial charge in [-0.15, -0.1) is 13.2 Å². The van der Waals surface area contributed by atoms with E-state index in [0.717, 1.165) is 0 Å². The van der Waals surface area contributed by atoms with Crippen LogP contribution in [0.1, 0.15) is 33.7 Å². The Kier molecular flexibility index (Phi) is 8.31. The van der Waals surface area contributed by atoms with Crippen LogP contribution >= 0.6 is 0 Å². The van der Waals surface area contributed by atoms with Gasteiger partial charge >= 0.3 is 16.7 Å². The van der Waals surface area contributed by atoms with Gasteiger partial charge in [0.1, 0.15) is 17.8 Å². The van der Waals surface area contributed by atoms with Crippen LogP contribution in [-0.2, 0) is 27.5 Å². The summed E-state index contributed by atoms with van der Waals surface area (Å²) >= 11 is 0. The predicted octanol–water partition coefficient (Wildman–Crippen LogP) is 0.971. The van der Waals surface area contributed by atoms with Crippen molar-refractivity contribution in [3.8, 4) is 5.75 Å². The molecule has 0 aliphatic heterocycles. The number of aliphatic hydroxyl groups excluding tert-OH is 2. The molecule has 0 spiro atoms. The minimum absolute atomic E-state index is 0.0279. The third kappa shape index (κ3) is 7.57. The summed E-state index contributed by atoms with van der Waals surface area (Å²) in [7, 11) is -4.22. The van der Waals surface area contributed by atoms with Crippen LogP contribution in [0.2, 0.25) is 0 Å². The molecule has 16 heteroatoms. The zero-order chi connectivity index (χ0) is 28.4. The lowest BCUT2D eigenvalue weighted by molar-refractivity contribution is -0.274. The zero-order valence-corrected chi connectivity index (χ0v) is 20.9. The molecule has 1 aliphatic rings. The number of ether oxygens (including phenoxy) is 1. The lowest BCUT2D eigenvalue weighted by atomic mass is 9.95. The average molecular weight is 572 g/mol. The molecule has 4 rings (SSSR count). The van der Waals surface area contributed by atoms with Crippen LogP contribution in [0.3, 0.4) is 0 Å². The molecule has 12 nitrogen and oxygen atoms in total. The first kappa shape index (κ1) is 28.6. The maximum absolute atomic E-state index is 13.2. The Hall–Kier alpha value is -3.44. The van der Waals surface area contributed by atoms with Crippen molar-refractivity contribution in [1.82, 2.24) is 19.7 Å². The van der Waals surface area contributed by atoms with E-state index in [2.05, 4.69) is 24.0 Å². The molecule has 4 N–H and O–H groups in total. The number of carbonyl (C=O) groups is 1. The van der Waals surface area contributed by atoms with Gasteiger partial charge in [0.2, 0.25) is 5.78 Å². The van der Waals surface area contributed by atoms with Crippen molar-refractivity contribution in [3.63, 3.8) is 0 Å². The quantitative estimate of drug-likeness (QED) is 0.297. The van der Waals surface area contributed by atoms with Crippen molar-refractivity contribution >= 4 is 16.1 Å². The van der Waals surface area contributed by atoms with Gasteiger partial charge in [-0.2, -0.15) is 13.5 Å². The highest BCUT2D eigenvalue weighted by Gasteiger charge is 2.42. The van der Waals surface area contributed by atoms with Crippen LogP contribution in [0, 0.1) is 11.8 Å². The number of hydrogen-bond acceptors (Lipinski definition) is 10. The van der Waals surface area contributed by atoms with Crippen LogP contribution in [0.4, 0.5) is 13.2 Å². The van der Waals surface area contributed by atoms with Crippen molar-refractivity contribution < 1.29 is 45.5 Å². The fourth-order valence-corrected chi connectivity index (χ4v) is 4.84. The molecule has 0 unspecified atom stereocenters. The van der Waals surface area contributed by atoms with Crippen molar-refractivity contribution in [3.05, 3.63) is 71.6 Å². The fourth-order valence-electron chi connectivity index (χ4n) is 4.47. The van der Waals surface area contributed by atoms with Gasteiger partial charge in [-0.3, -0.25) is 13.7 Å². The molecular formula is C23H24F3N5O7S. The van der Waals surface area contributed by atoms with Crippen molar-refractivity contribution in [2.24, 2.45) is 17.0 Å². The van der Waals surface area contributed by atoms with Gasteiger partial charge < -0.3 is 14.9 Å². The number of nitrogens with two attached hydrogens (primary N) is 1. The van der Waals surface area contributed by atoms with Gasteiger partial charge in [0.15, 0.2) is 0 Å². The van der Waals surface area contributed by atoms with E-state index in [1.165, 1.54) is 47.7 Å². The van der Waals surface area contributed by atoms with Gasteiger partial charge in [0.25, 0.3) is 0 Å². The maximum Gasteiger partial charge on any atom is 0.573 e. The van der Waals surface area contributed by atoms with E-state index in [1.54, 1.807) is 6.07 Å². The largest absolute Gasteiger partial charge is 0.573 e. The Labute approximate surface area is 220 Å². The molecule has 1 fully saturated rings. The smallest absolute Gasteiger partial charge is 0.406 e. The summed E-state index contributed by atoms with van der Waals surface area (Å²) in [6.45, 7) is -0.347. The van der Waals surface area contributed by atoms with Crippen LogP contribution in [0.5, 0.6) is 5.75 Å². The number of halogens is 3. The van der Waals surface area contributed by atoms with E-state index in [1.807, 2.05) is 0 Å². The first-order valence-corrected chi connectivity index (χ1v) is 13.0. The van der Waals surface area contributed by atoms with E-state index >= 15 is 0 Å². The molecule has 0 saturated heterocycles. The lowest BCUT2D eigenvalue weighted by Gasteiger charge is -2.17. The van der Waals surface area contributed by atoms with Crippen LogP contribution in [0.25, 0.3) is 0 Å². The highest BCUT2D eigenvalue weighted by molar-refractivity contribution is 7.84. The minimum Gasteiger partial charge on any atom is -0.406 e. The van der Waals surface area contributed by atoms with Crippen LogP contribution in [0.15, 0.2) is 49.1 Å². The standard InChI is InChI=1S/C23H24F3N5O7S/c24-23(25,26)38-16-3-1-2-13(6-16)10-31-5-4-18(30-31)22(34)17-9-28-12-29-19(17)8-14-7-15(21(33)20(14)32)11-37-39(27,35)36/h1-6,9,12,14-15,20-21,32-33H,7-8,10-11H2,(H2,27,35,36)/t14-,15+,20-,21+/m0/s1. The third-order valence-corrected chi connectivity index (χ3v) is 6.68. The number of hydrogen-bond donors (Lipinski definition) is 3. The number of nitrogens with zero attached hydrogens (tertiary/aromatic N) is 4. The number of benzene rings is 1. The lowest BCUT2D eigenvalue weighted by Crippen LogP contribution is -2.31. The van der Waals surface area contributed by atoms with Crippen LogP contribution in [-0.4, -0.2) is 69.3 Å². The van der Waals surface area contributed by atoms with Gasteiger partial charge in [-0.25, -0.2) is 15.1 Å². The highest BCUT2D eigenvalue weighted by atomic mass is 32.2. The summed E-state index contributed by atoms with van der Waals surface area (Å²) in [6.07, 6.45) is -3.07. The summed E-state index contributed by atoms with van der Waals surface area (Å²) in [5.41, 5.74) is 0.873. The summed E-state index contributed by atoms with van der Waals surface area (Å²) in [5.74, 6) is -2.19. The third-order valence-electron chi connectivity index (χ3n) is 6.21. The molecule has 1 aromatic carbocycles. The second kappa shape index (κ2) is 11.4. The minimum atomic E-state index is -4.83. The molecular weight excluding hydrogens is 547 g/mol. The monoisotopic (exact) mass is 571 g/mol. The van der Waals surface area contributed by atoms with Gasteiger partial charge in [0, 0.05) is 18.3 Å². The molecule has 0 amide bonds. The maximum atomic E-state index is 13.2. The van der Waals surface area contributed by atoms with E-state index < -0.39 is 53.1 Å². The van der Waals surface area contributed by atoms with Gasteiger partial charge in [0.05, 0.1) is 36.6 Å². The molecule has 1 saturated carbocycles. The molecule has 39 heavy (non-hydrogen) atoms. The Morgan fingerprint density at radius 2 is 1.92 bits per heavy atom. The topological polar surface area (TPSA) is 180 Å². The van der Waals surface area contributed by atoms with Gasteiger partial charge in [-0.05, 0) is 42.5 Å². The average Bonchev–Trinajstić information content (AvgIpc) is 3.41. The Morgan fingerprint density at radius 3 is 2.64 bits per heavy atom. The van der Waals surface area contributed by atoms with E-state index in [9.17, 15) is 36.6 Å². The number of ketones is 1. The molecule has 1 aliphatic carbocycles. The highest BCUT2D eigenvalue weighted by Crippen LogP contribution is 2.35. The molecule has 0 bridgehead atoms. The number of aliphatic hydroxyl groups is 2. The Morgan fingerprint density at radius 1 is 1.18 bits per heavy atom. The first-order valence-electron chi connectivity index (χ1n) is 11.5. The molecule has 2 heterocycles. The predicted molar refractivity (Wildman–Crippen MR) is 126 cm³/mol. The van der Waals surface area contributed by atoms with Crippen molar-refractivity contribution in [2.75, 3.05) is 6.61 Å². The summed E-state index contributed by atoms with van der Waals surface area (Å²) in [6, 6.07) is 6.80. The SMILES string of the molecule is NS(=O)(=O)OC[C@H]1C[C@@H](Cc2ncncc2C(=O)c2ccn(Cc3cccc(OC(F)(F)F)c3)n2)[C@H](O)[C@@H]1O. The van der Waals surface area contributed by atoms with E-state index in [-0.39, 0.29) is 42.1 Å². The number of alkyl halides is 3. The normalized spacial score (nSPS) is 21.7. The molecule has 0 radical (unpaired) electrons. The van der Waals surface area contributed by atoms with Crippen LogP contribution < -0.4 is 9.88 Å². The summed E-state index contributed by atoms with van der Waals surface area (Å²) < 4.78 is 69.5. The van der Waals surface area contributed by atoms with E-state index in [0.29, 0.717) is 5.56 Å². The fraction of sp³-hybridized carbons (Fsp3) is 0.391. The van der Waals surface area contributed by atoms with E-state index in [4.69, 9.17) is 5.14 Å². The Bertz CT molecular complexity index is 1430. The summed E-state index contributed by atoms with van der Waals surface area (Å²) in [5, 5.41) is 29.9. The molecule has 4 atom stereocenters. The number of carbonyl (C=O) groups excluding carboxylic acids is 1. The molecule has 2 aromatic heterocycles. The molecule has 210 valence electrons. The Balaban J connectivity index is 1.46. The van der Waals surface area contributed by atoms with Crippen molar-refractivity contribution in [2.45, 2.75) is 38.0 Å². The number of aromatic nitrogens is 4. The van der Waals surface area contributed by atoms with Gasteiger partial charge in [-0.1, -0.05) is 12.1 Å². The zero-order valence-electron chi connectivity index (χ0n) is 20.1. The number of rotatable bonds is 10. The summed E-state index contributed by atoms with van der Waals surface area (Å²) in [4.78, 5) is 21.3.